The first-order chi connectivity index (χ1) is 6.49. The Balaban J connectivity index is 3.50. The van der Waals surface area contributed by atoms with Crippen LogP contribution in [0.15, 0.2) is 10.5 Å². The Kier molecular flexibility index (Phi) is 3.17. The van der Waals surface area contributed by atoms with Crippen molar-refractivity contribution in [2.75, 3.05) is 0 Å². The molecule has 6 heteroatoms. The zero-order valence-corrected chi connectivity index (χ0v) is 8.31. The summed E-state index contributed by atoms with van der Waals surface area (Å²) in [6.07, 6.45) is 0. The second-order valence-corrected chi connectivity index (χ2v) is 3.27. The minimum atomic E-state index is -1.58. The lowest BCUT2D eigenvalue weighted by Crippen LogP contribution is -2.06. The van der Waals surface area contributed by atoms with Crippen LogP contribution in [0.3, 0.4) is 0 Å². The normalized spacial score (nSPS) is 10.3. The molecule has 0 saturated heterocycles. The Morgan fingerprint density at radius 3 is 2.50 bits per heavy atom. The van der Waals surface area contributed by atoms with Crippen molar-refractivity contribution in [1.82, 2.24) is 0 Å². The van der Waals surface area contributed by atoms with E-state index in [0.717, 1.165) is 0 Å². The van der Waals surface area contributed by atoms with Crippen LogP contribution < -0.4 is 0 Å². The van der Waals surface area contributed by atoms with Crippen LogP contribution in [-0.2, 0) is 6.61 Å². The molecular weight excluding hydrogens is 262 g/mol. The fourth-order valence-corrected chi connectivity index (χ4v) is 1.36. The molecule has 0 aliphatic rings. The molecule has 1 aromatic rings. The van der Waals surface area contributed by atoms with Gasteiger partial charge in [0.1, 0.15) is 11.6 Å². The van der Waals surface area contributed by atoms with E-state index in [1.165, 1.54) is 0 Å². The van der Waals surface area contributed by atoms with E-state index in [1.807, 2.05) is 0 Å². The van der Waals surface area contributed by atoms with E-state index in [4.69, 9.17) is 10.2 Å². The molecule has 0 saturated carbocycles. The van der Waals surface area contributed by atoms with Crippen LogP contribution in [0, 0.1) is 11.6 Å². The third kappa shape index (κ3) is 1.76. The van der Waals surface area contributed by atoms with Gasteiger partial charge in [0, 0.05) is 5.56 Å². The maximum atomic E-state index is 13.2. The topological polar surface area (TPSA) is 57.5 Å². The zero-order chi connectivity index (χ0) is 10.9. The Labute approximate surface area is 86.1 Å². The van der Waals surface area contributed by atoms with Gasteiger partial charge in [-0.25, -0.2) is 13.6 Å². The summed E-state index contributed by atoms with van der Waals surface area (Å²) in [6, 6.07) is 0.556. The standard InChI is InChI=1S/C8H5BrF2O3/c9-6-4(2-12)7(11)3(8(13)14)1-5(6)10/h1,12H,2H2,(H,13,14). The number of benzene rings is 1. The zero-order valence-electron chi connectivity index (χ0n) is 6.72. The van der Waals surface area contributed by atoms with Crippen molar-refractivity contribution in [2.45, 2.75) is 6.61 Å². The number of rotatable bonds is 2. The van der Waals surface area contributed by atoms with Crippen molar-refractivity contribution in [3.05, 3.63) is 33.3 Å². The van der Waals surface area contributed by atoms with Gasteiger partial charge in [-0.1, -0.05) is 0 Å². The average molecular weight is 267 g/mol. The molecule has 0 aliphatic heterocycles. The summed E-state index contributed by atoms with van der Waals surface area (Å²) in [4.78, 5) is 10.4. The maximum absolute atomic E-state index is 13.2. The predicted molar refractivity (Wildman–Crippen MR) is 46.9 cm³/mol. The highest BCUT2D eigenvalue weighted by atomic mass is 79.9. The van der Waals surface area contributed by atoms with E-state index in [1.54, 1.807) is 0 Å². The summed E-state index contributed by atoms with van der Waals surface area (Å²) in [6.45, 7) is -0.773. The number of hydrogen-bond acceptors (Lipinski definition) is 2. The summed E-state index contributed by atoms with van der Waals surface area (Å²) in [5, 5.41) is 17.2. The molecule has 14 heavy (non-hydrogen) atoms. The first-order valence-electron chi connectivity index (χ1n) is 3.49. The molecule has 0 spiro atoms. The molecule has 0 radical (unpaired) electrons. The second-order valence-electron chi connectivity index (χ2n) is 2.48. The van der Waals surface area contributed by atoms with Crippen LogP contribution in [0.1, 0.15) is 15.9 Å². The number of aliphatic hydroxyl groups excluding tert-OH is 1. The Morgan fingerprint density at radius 1 is 1.50 bits per heavy atom. The molecule has 0 amide bonds. The van der Waals surface area contributed by atoms with Gasteiger partial charge in [-0.05, 0) is 22.0 Å². The molecule has 1 rings (SSSR count). The third-order valence-corrected chi connectivity index (χ3v) is 2.49. The molecular formula is C8H5BrF2O3. The minimum Gasteiger partial charge on any atom is -0.478 e. The lowest BCUT2D eigenvalue weighted by atomic mass is 10.1. The lowest BCUT2D eigenvalue weighted by Gasteiger charge is -2.06. The highest BCUT2D eigenvalue weighted by molar-refractivity contribution is 9.10. The van der Waals surface area contributed by atoms with Crippen LogP contribution in [0.5, 0.6) is 0 Å². The Bertz CT molecular complexity index is 393. The number of aromatic carboxylic acids is 1. The van der Waals surface area contributed by atoms with E-state index in [0.29, 0.717) is 6.07 Å². The average Bonchev–Trinajstić information content (AvgIpc) is 2.12. The van der Waals surface area contributed by atoms with Gasteiger partial charge < -0.3 is 10.2 Å². The van der Waals surface area contributed by atoms with Crippen molar-refractivity contribution in [3.63, 3.8) is 0 Å². The maximum Gasteiger partial charge on any atom is 0.338 e. The first kappa shape index (κ1) is 11.1. The van der Waals surface area contributed by atoms with E-state index >= 15 is 0 Å². The van der Waals surface area contributed by atoms with Gasteiger partial charge in [0.25, 0.3) is 0 Å². The van der Waals surface area contributed by atoms with Gasteiger partial charge in [-0.15, -0.1) is 0 Å². The van der Waals surface area contributed by atoms with Crippen LogP contribution in [-0.4, -0.2) is 16.2 Å². The van der Waals surface area contributed by atoms with Crippen LogP contribution in [0.25, 0.3) is 0 Å². The van der Waals surface area contributed by atoms with Crippen LogP contribution in [0.4, 0.5) is 8.78 Å². The fraction of sp³-hybridized carbons (Fsp3) is 0.125. The smallest absolute Gasteiger partial charge is 0.338 e. The second kappa shape index (κ2) is 4.02. The van der Waals surface area contributed by atoms with Gasteiger partial charge in [-0.3, -0.25) is 0 Å². The minimum absolute atomic E-state index is 0.262. The molecule has 1 aromatic carbocycles. The first-order valence-corrected chi connectivity index (χ1v) is 4.28. The summed E-state index contributed by atoms with van der Waals surface area (Å²) >= 11 is 2.71. The quantitative estimate of drug-likeness (QED) is 0.805. The molecule has 0 aliphatic carbocycles. The molecule has 0 aromatic heterocycles. The van der Waals surface area contributed by atoms with Crippen LogP contribution in [0.2, 0.25) is 0 Å². The highest BCUT2D eigenvalue weighted by Gasteiger charge is 2.20. The highest BCUT2D eigenvalue weighted by Crippen LogP contribution is 2.26. The van der Waals surface area contributed by atoms with Crippen molar-refractivity contribution in [1.29, 1.82) is 0 Å². The molecule has 0 heterocycles. The van der Waals surface area contributed by atoms with Gasteiger partial charge in [0.15, 0.2) is 0 Å². The van der Waals surface area contributed by atoms with Crippen LogP contribution >= 0.6 is 15.9 Å². The van der Waals surface area contributed by atoms with E-state index in [-0.39, 0.29) is 4.47 Å². The van der Waals surface area contributed by atoms with Crippen molar-refractivity contribution in [3.8, 4) is 0 Å². The number of hydrogen-bond donors (Lipinski definition) is 2. The Morgan fingerprint density at radius 2 is 2.07 bits per heavy atom. The number of carbonyl (C=O) groups is 1. The summed E-state index contributed by atoms with van der Waals surface area (Å²) in [7, 11) is 0. The number of carboxylic acid groups (broad SMARTS) is 1. The number of halogens is 3. The monoisotopic (exact) mass is 266 g/mol. The van der Waals surface area contributed by atoms with E-state index < -0.39 is 35.3 Å². The number of aliphatic hydroxyl groups is 1. The molecule has 3 nitrogen and oxygen atoms in total. The van der Waals surface area contributed by atoms with Gasteiger partial charge >= 0.3 is 5.97 Å². The summed E-state index contributed by atoms with van der Waals surface area (Å²) < 4.78 is 25.9. The molecule has 0 bridgehead atoms. The van der Waals surface area contributed by atoms with Gasteiger partial charge in [0.05, 0.1) is 16.6 Å². The molecule has 0 atom stereocenters. The summed E-state index contributed by atoms with van der Waals surface area (Å²) in [5.41, 5.74) is -1.20. The molecule has 2 N–H and O–H groups in total. The summed E-state index contributed by atoms with van der Waals surface area (Å²) in [5.74, 6) is -3.63. The number of carboxylic acids is 1. The SMILES string of the molecule is O=C(O)c1cc(F)c(Br)c(CO)c1F. The van der Waals surface area contributed by atoms with E-state index in [2.05, 4.69) is 15.9 Å². The lowest BCUT2D eigenvalue weighted by molar-refractivity contribution is 0.0690. The van der Waals surface area contributed by atoms with E-state index in [9.17, 15) is 13.6 Å². The van der Waals surface area contributed by atoms with Gasteiger partial charge in [0.2, 0.25) is 0 Å². The Hall–Kier alpha value is -1.01. The van der Waals surface area contributed by atoms with Crippen molar-refractivity contribution in [2.24, 2.45) is 0 Å². The van der Waals surface area contributed by atoms with Crippen molar-refractivity contribution >= 4 is 21.9 Å². The predicted octanol–water partition coefficient (Wildman–Crippen LogP) is 1.92. The largest absolute Gasteiger partial charge is 0.478 e. The molecule has 76 valence electrons. The van der Waals surface area contributed by atoms with Crippen molar-refractivity contribution < 1.29 is 23.8 Å². The molecule has 0 unspecified atom stereocenters. The van der Waals surface area contributed by atoms with Gasteiger partial charge in [-0.2, -0.15) is 0 Å². The molecule has 0 fully saturated rings. The fourth-order valence-electron chi connectivity index (χ4n) is 0.951. The third-order valence-electron chi connectivity index (χ3n) is 1.64.